The highest BCUT2D eigenvalue weighted by atomic mass is 16.5. The molecule has 1 heterocycles. The lowest BCUT2D eigenvalue weighted by Gasteiger charge is -2.11. The molecule has 0 aliphatic rings. The van der Waals surface area contributed by atoms with Gasteiger partial charge in [0.25, 0.3) is 0 Å². The Bertz CT molecular complexity index is 692. The van der Waals surface area contributed by atoms with Crippen molar-refractivity contribution in [2.75, 3.05) is 7.11 Å². The van der Waals surface area contributed by atoms with E-state index in [1.54, 1.807) is 18.2 Å². The van der Waals surface area contributed by atoms with E-state index >= 15 is 0 Å². The maximum atomic E-state index is 11.2. The molecule has 6 heteroatoms. The first-order valence-corrected chi connectivity index (χ1v) is 5.61. The fourth-order valence-corrected chi connectivity index (χ4v) is 1.59. The van der Waals surface area contributed by atoms with E-state index in [2.05, 4.69) is 4.98 Å². The number of para-hydroxylation sites is 1. The minimum Gasteiger partial charge on any atom is -0.493 e. The van der Waals surface area contributed by atoms with E-state index in [0.717, 1.165) is 0 Å². The topological polar surface area (TPSA) is 92.4 Å². The lowest BCUT2D eigenvalue weighted by Crippen LogP contribution is -2.02. The van der Waals surface area contributed by atoms with Crippen molar-refractivity contribution < 1.29 is 19.4 Å². The van der Waals surface area contributed by atoms with Crippen molar-refractivity contribution in [3.8, 4) is 23.4 Å². The standard InChI is InChI=1S/C14H10N2O4/c1-19-11-6-3-5-10(14(17)18)13(11)20-12-7-2-4-9(8-15)16-12/h2-7H,1H3,(H,17,18). The summed E-state index contributed by atoms with van der Waals surface area (Å²) in [6.07, 6.45) is 0. The van der Waals surface area contributed by atoms with Crippen LogP contribution in [0.2, 0.25) is 0 Å². The van der Waals surface area contributed by atoms with E-state index < -0.39 is 5.97 Å². The van der Waals surface area contributed by atoms with Crippen molar-refractivity contribution in [2.45, 2.75) is 0 Å². The van der Waals surface area contributed by atoms with Crippen LogP contribution in [0.25, 0.3) is 0 Å². The molecule has 0 fully saturated rings. The number of aromatic carboxylic acids is 1. The van der Waals surface area contributed by atoms with Gasteiger partial charge in [0.1, 0.15) is 17.3 Å². The van der Waals surface area contributed by atoms with Crippen LogP contribution in [0.1, 0.15) is 16.1 Å². The largest absolute Gasteiger partial charge is 0.493 e. The number of hydrogen-bond acceptors (Lipinski definition) is 5. The van der Waals surface area contributed by atoms with E-state index in [9.17, 15) is 4.79 Å². The zero-order chi connectivity index (χ0) is 14.5. The number of pyridine rings is 1. The number of carboxylic acid groups (broad SMARTS) is 1. The van der Waals surface area contributed by atoms with Gasteiger partial charge in [-0.1, -0.05) is 12.1 Å². The van der Waals surface area contributed by atoms with Crippen LogP contribution < -0.4 is 9.47 Å². The third kappa shape index (κ3) is 2.67. The van der Waals surface area contributed by atoms with E-state index in [1.165, 1.54) is 25.3 Å². The van der Waals surface area contributed by atoms with Crippen LogP contribution in [0.4, 0.5) is 0 Å². The summed E-state index contributed by atoms with van der Waals surface area (Å²) < 4.78 is 10.6. The van der Waals surface area contributed by atoms with Crippen molar-refractivity contribution in [2.24, 2.45) is 0 Å². The average molecular weight is 270 g/mol. The minimum atomic E-state index is -1.14. The van der Waals surface area contributed by atoms with E-state index in [-0.39, 0.29) is 28.6 Å². The molecular weight excluding hydrogens is 260 g/mol. The number of nitriles is 1. The highest BCUT2D eigenvalue weighted by Gasteiger charge is 2.17. The maximum absolute atomic E-state index is 11.2. The van der Waals surface area contributed by atoms with Gasteiger partial charge in [-0.2, -0.15) is 5.26 Å². The average Bonchev–Trinajstić information content (AvgIpc) is 2.47. The smallest absolute Gasteiger partial charge is 0.339 e. The summed E-state index contributed by atoms with van der Waals surface area (Å²) in [5, 5.41) is 17.9. The normalized spacial score (nSPS) is 9.60. The first-order valence-electron chi connectivity index (χ1n) is 5.61. The van der Waals surface area contributed by atoms with Crippen molar-refractivity contribution >= 4 is 5.97 Å². The highest BCUT2D eigenvalue weighted by Crippen LogP contribution is 2.34. The molecule has 2 rings (SSSR count). The molecule has 0 spiro atoms. The Morgan fingerprint density at radius 2 is 2.05 bits per heavy atom. The second-order valence-electron chi connectivity index (χ2n) is 3.72. The number of carbonyl (C=O) groups is 1. The van der Waals surface area contributed by atoms with Gasteiger partial charge in [0.2, 0.25) is 5.88 Å². The van der Waals surface area contributed by atoms with Crippen LogP contribution >= 0.6 is 0 Å². The van der Waals surface area contributed by atoms with Gasteiger partial charge >= 0.3 is 5.97 Å². The summed E-state index contributed by atoms with van der Waals surface area (Å²) >= 11 is 0. The summed E-state index contributed by atoms with van der Waals surface area (Å²) in [4.78, 5) is 15.1. The predicted octanol–water partition coefficient (Wildman–Crippen LogP) is 2.45. The van der Waals surface area contributed by atoms with Crippen LogP contribution in [0.5, 0.6) is 17.4 Å². The van der Waals surface area contributed by atoms with Crippen LogP contribution in [-0.4, -0.2) is 23.2 Å². The van der Waals surface area contributed by atoms with Crippen LogP contribution in [0.3, 0.4) is 0 Å². The van der Waals surface area contributed by atoms with Crippen LogP contribution in [0.15, 0.2) is 36.4 Å². The van der Waals surface area contributed by atoms with Gasteiger partial charge in [-0.25, -0.2) is 9.78 Å². The Balaban J connectivity index is 2.46. The van der Waals surface area contributed by atoms with E-state index in [1.807, 2.05) is 6.07 Å². The zero-order valence-corrected chi connectivity index (χ0v) is 10.5. The lowest BCUT2D eigenvalue weighted by atomic mass is 10.2. The number of carboxylic acids is 1. The SMILES string of the molecule is COc1cccc(C(=O)O)c1Oc1cccc(C#N)n1. The minimum absolute atomic E-state index is 0.0464. The molecular formula is C14H10N2O4. The molecule has 1 N–H and O–H groups in total. The molecule has 0 saturated carbocycles. The van der Waals surface area contributed by atoms with Crippen LogP contribution in [0, 0.1) is 11.3 Å². The fourth-order valence-electron chi connectivity index (χ4n) is 1.59. The Labute approximate surface area is 114 Å². The maximum Gasteiger partial charge on any atom is 0.339 e. The van der Waals surface area contributed by atoms with Crippen molar-refractivity contribution in [3.63, 3.8) is 0 Å². The number of methoxy groups -OCH3 is 1. The summed E-state index contributed by atoms with van der Waals surface area (Å²) in [6.45, 7) is 0. The second kappa shape index (κ2) is 5.71. The van der Waals surface area contributed by atoms with Crippen molar-refractivity contribution in [1.29, 1.82) is 5.26 Å². The molecule has 2 aromatic rings. The zero-order valence-electron chi connectivity index (χ0n) is 10.5. The summed E-state index contributed by atoms with van der Waals surface area (Å²) in [7, 11) is 1.41. The van der Waals surface area contributed by atoms with Gasteiger partial charge < -0.3 is 14.6 Å². The number of hydrogen-bond donors (Lipinski definition) is 1. The van der Waals surface area contributed by atoms with E-state index in [0.29, 0.717) is 0 Å². The Kier molecular flexibility index (Phi) is 3.82. The van der Waals surface area contributed by atoms with Gasteiger partial charge in [-0.05, 0) is 18.2 Å². The van der Waals surface area contributed by atoms with Gasteiger partial charge in [-0.15, -0.1) is 0 Å². The summed E-state index contributed by atoms with van der Waals surface area (Å²) in [6, 6.07) is 11.0. The number of aromatic nitrogens is 1. The molecule has 20 heavy (non-hydrogen) atoms. The Hall–Kier alpha value is -3.07. The molecule has 1 aromatic heterocycles. The summed E-state index contributed by atoms with van der Waals surface area (Å²) in [5.41, 5.74) is 0.128. The Morgan fingerprint density at radius 3 is 2.70 bits per heavy atom. The first-order chi connectivity index (χ1) is 9.65. The number of ether oxygens (including phenoxy) is 2. The van der Waals surface area contributed by atoms with Gasteiger partial charge in [0.15, 0.2) is 11.5 Å². The molecule has 100 valence electrons. The van der Waals surface area contributed by atoms with Crippen molar-refractivity contribution in [1.82, 2.24) is 4.98 Å². The van der Waals surface area contributed by atoms with E-state index in [4.69, 9.17) is 19.8 Å². The molecule has 0 atom stereocenters. The first kappa shape index (κ1) is 13.4. The molecule has 0 aliphatic carbocycles. The molecule has 0 bridgehead atoms. The molecule has 0 saturated heterocycles. The molecule has 0 radical (unpaired) electrons. The highest BCUT2D eigenvalue weighted by molar-refractivity contribution is 5.92. The second-order valence-corrected chi connectivity index (χ2v) is 3.72. The number of nitrogens with zero attached hydrogens (tertiary/aromatic N) is 2. The quantitative estimate of drug-likeness (QED) is 0.917. The van der Waals surface area contributed by atoms with Crippen LogP contribution in [-0.2, 0) is 0 Å². The molecule has 0 amide bonds. The van der Waals surface area contributed by atoms with Gasteiger partial charge in [-0.3, -0.25) is 0 Å². The fraction of sp³-hybridized carbons (Fsp3) is 0.0714. The Morgan fingerprint density at radius 1 is 1.30 bits per heavy atom. The van der Waals surface area contributed by atoms with Crippen molar-refractivity contribution in [3.05, 3.63) is 47.7 Å². The molecule has 6 nitrogen and oxygen atoms in total. The predicted molar refractivity (Wildman–Crippen MR) is 69.0 cm³/mol. The number of benzene rings is 1. The third-order valence-corrected chi connectivity index (χ3v) is 2.47. The summed E-state index contributed by atoms with van der Waals surface area (Å²) in [5.74, 6) is -0.703. The lowest BCUT2D eigenvalue weighted by molar-refractivity contribution is 0.0693. The molecule has 0 aliphatic heterocycles. The molecule has 0 unspecified atom stereocenters. The van der Waals surface area contributed by atoms with Gasteiger partial charge in [0, 0.05) is 6.07 Å². The molecule has 1 aromatic carbocycles. The third-order valence-electron chi connectivity index (χ3n) is 2.47. The number of rotatable bonds is 4. The monoisotopic (exact) mass is 270 g/mol. The van der Waals surface area contributed by atoms with Gasteiger partial charge in [0.05, 0.1) is 7.11 Å².